The fraction of sp³-hybridized carbons (Fsp3) is 0.833. The molecule has 0 fully saturated rings. The molecule has 1 heterocycles. The van der Waals surface area contributed by atoms with E-state index in [9.17, 15) is 8.78 Å². The number of aliphatic imine (C=N–C) groups is 1. The average Bonchev–Trinajstić information content (AvgIpc) is 2.34. The molecule has 0 amide bonds. The Kier molecular flexibility index (Phi) is 3.05. The lowest BCUT2D eigenvalue weighted by atomic mass is 10.5. The van der Waals surface area contributed by atoms with Gasteiger partial charge in [-0.15, -0.1) is 11.6 Å². The topological polar surface area (TPSA) is 15.6 Å². The van der Waals surface area contributed by atoms with Crippen molar-refractivity contribution in [2.45, 2.75) is 6.43 Å². The first-order chi connectivity index (χ1) is 5.24. The highest BCUT2D eigenvalue weighted by Gasteiger charge is 2.18. The zero-order valence-electron chi connectivity index (χ0n) is 5.93. The minimum Gasteiger partial charge on any atom is -0.352 e. The average molecular weight is 183 g/mol. The summed E-state index contributed by atoms with van der Waals surface area (Å²) in [4.78, 5) is 5.49. The Morgan fingerprint density at radius 2 is 2.36 bits per heavy atom. The van der Waals surface area contributed by atoms with E-state index in [1.54, 1.807) is 0 Å². The lowest BCUT2D eigenvalue weighted by molar-refractivity contribution is 0.119. The number of hydrogen-bond donors (Lipinski definition) is 0. The number of halogens is 3. The first kappa shape index (κ1) is 8.71. The molecule has 0 aromatic carbocycles. The third kappa shape index (κ3) is 2.29. The van der Waals surface area contributed by atoms with E-state index in [-0.39, 0.29) is 12.4 Å². The van der Waals surface area contributed by atoms with E-state index in [2.05, 4.69) is 4.99 Å². The van der Waals surface area contributed by atoms with Gasteiger partial charge in [0.25, 0.3) is 6.43 Å². The molecule has 0 bridgehead atoms. The molecule has 0 saturated heterocycles. The second-order valence-electron chi connectivity index (χ2n) is 2.27. The molecule has 0 saturated carbocycles. The van der Waals surface area contributed by atoms with Gasteiger partial charge < -0.3 is 4.90 Å². The van der Waals surface area contributed by atoms with E-state index in [1.165, 1.54) is 4.90 Å². The van der Waals surface area contributed by atoms with Crippen LogP contribution in [0.25, 0.3) is 0 Å². The Morgan fingerprint density at radius 1 is 1.64 bits per heavy atom. The zero-order valence-corrected chi connectivity index (χ0v) is 6.69. The summed E-state index contributed by atoms with van der Waals surface area (Å²) in [5, 5.41) is 0. The minimum atomic E-state index is -2.30. The van der Waals surface area contributed by atoms with Crippen molar-refractivity contribution < 1.29 is 8.78 Å². The summed E-state index contributed by atoms with van der Waals surface area (Å²) < 4.78 is 23.7. The molecule has 0 aromatic rings. The maximum absolute atomic E-state index is 11.9. The molecule has 0 aromatic heterocycles. The highest BCUT2D eigenvalue weighted by molar-refractivity contribution is 6.28. The lowest BCUT2D eigenvalue weighted by Crippen LogP contribution is -2.33. The van der Waals surface area contributed by atoms with Crippen LogP contribution in [0, 0.1) is 0 Å². The SMILES string of the molecule is FC(F)CN1CCN=C1CCl. The van der Waals surface area contributed by atoms with Gasteiger partial charge in [-0.1, -0.05) is 0 Å². The number of rotatable bonds is 3. The molecule has 11 heavy (non-hydrogen) atoms. The van der Waals surface area contributed by atoms with Crippen LogP contribution in [0.2, 0.25) is 0 Å². The van der Waals surface area contributed by atoms with Crippen molar-refractivity contribution in [3.05, 3.63) is 0 Å². The van der Waals surface area contributed by atoms with Crippen molar-refractivity contribution in [3.63, 3.8) is 0 Å². The summed E-state index contributed by atoms with van der Waals surface area (Å²) in [6.07, 6.45) is -2.30. The molecule has 0 spiro atoms. The van der Waals surface area contributed by atoms with E-state index in [4.69, 9.17) is 11.6 Å². The van der Waals surface area contributed by atoms with Crippen molar-refractivity contribution in [1.82, 2.24) is 4.90 Å². The Morgan fingerprint density at radius 3 is 2.91 bits per heavy atom. The van der Waals surface area contributed by atoms with Gasteiger partial charge in [-0.25, -0.2) is 8.78 Å². The van der Waals surface area contributed by atoms with Gasteiger partial charge in [-0.3, -0.25) is 4.99 Å². The fourth-order valence-corrected chi connectivity index (χ4v) is 1.27. The standard InChI is InChI=1S/C6H9ClF2N2/c7-3-6-10-1-2-11(6)4-5(8)9/h5H,1-4H2. The van der Waals surface area contributed by atoms with E-state index in [1.807, 2.05) is 0 Å². The van der Waals surface area contributed by atoms with Gasteiger partial charge in [0.2, 0.25) is 0 Å². The molecule has 1 rings (SSSR count). The number of alkyl halides is 3. The van der Waals surface area contributed by atoms with Crippen LogP contribution >= 0.6 is 11.6 Å². The van der Waals surface area contributed by atoms with Crippen LogP contribution in [0.4, 0.5) is 8.78 Å². The van der Waals surface area contributed by atoms with Gasteiger partial charge in [0.1, 0.15) is 5.84 Å². The smallest absolute Gasteiger partial charge is 0.255 e. The van der Waals surface area contributed by atoms with Crippen LogP contribution in [-0.2, 0) is 0 Å². The van der Waals surface area contributed by atoms with Gasteiger partial charge >= 0.3 is 0 Å². The maximum Gasteiger partial charge on any atom is 0.255 e. The first-order valence-corrected chi connectivity index (χ1v) is 3.90. The van der Waals surface area contributed by atoms with E-state index in [0.29, 0.717) is 18.9 Å². The molecule has 0 unspecified atom stereocenters. The summed E-state index contributed by atoms with van der Waals surface area (Å²) >= 11 is 5.47. The quantitative estimate of drug-likeness (QED) is 0.599. The molecule has 0 atom stereocenters. The first-order valence-electron chi connectivity index (χ1n) is 3.36. The van der Waals surface area contributed by atoms with E-state index < -0.39 is 6.43 Å². The summed E-state index contributed by atoms with van der Waals surface area (Å²) in [5.41, 5.74) is 0. The Labute approximate surface area is 68.8 Å². The molecule has 1 aliphatic heterocycles. The molecule has 0 N–H and O–H groups in total. The Balaban J connectivity index is 2.40. The van der Waals surface area contributed by atoms with Gasteiger partial charge in [-0.2, -0.15) is 0 Å². The second-order valence-corrected chi connectivity index (χ2v) is 2.54. The van der Waals surface area contributed by atoms with Crippen molar-refractivity contribution >= 4 is 17.4 Å². The predicted molar refractivity (Wildman–Crippen MR) is 40.6 cm³/mol. The molecular weight excluding hydrogens is 174 g/mol. The molecular formula is C6H9ClF2N2. The van der Waals surface area contributed by atoms with Crippen LogP contribution in [0.1, 0.15) is 0 Å². The lowest BCUT2D eigenvalue weighted by Gasteiger charge is -2.17. The summed E-state index contributed by atoms with van der Waals surface area (Å²) in [7, 11) is 0. The molecule has 2 nitrogen and oxygen atoms in total. The molecule has 0 aliphatic carbocycles. The third-order valence-electron chi connectivity index (χ3n) is 1.51. The second kappa shape index (κ2) is 3.85. The van der Waals surface area contributed by atoms with Crippen molar-refractivity contribution in [2.24, 2.45) is 4.99 Å². The molecule has 1 aliphatic rings. The van der Waals surface area contributed by atoms with Gasteiger partial charge in [-0.05, 0) is 0 Å². The highest BCUT2D eigenvalue weighted by atomic mass is 35.5. The van der Waals surface area contributed by atoms with Gasteiger partial charge in [0.15, 0.2) is 0 Å². The number of hydrogen-bond acceptors (Lipinski definition) is 2. The van der Waals surface area contributed by atoms with Crippen molar-refractivity contribution in [3.8, 4) is 0 Å². The summed E-state index contributed by atoms with van der Waals surface area (Å²) in [5.74, 6) is 0.819. The number of amidine groups is 1. The van der Waals surface area contributed by atoms with Gasteiger partial charge in [0.05, 0.1) is 19.0 Å². The molecule has 5 heteroatoms. The normalized spacial score (nSPS) is 17.8. The summed E-state index contributed by atoms with van der Waals surface area (Å²) in [6, 6.07) is 0. The zero-order chi connectivity index (χ0) is 8.27. The highest BCUT2D eigenvalue weighted by Crippen LogP contribution is 2.06. The van der Waals surface area contributed by atoms with Crippen LogP contribution in [0.15, 0.2) is 4.99 Å². The number of nitrogens with zero attached hydrogens (tertiary/aromatic N) is 2. The van der Waals surface area contributed by atoms with E-state index >= 15 is 0 Å². The minimum absolute atomic E-state index is 0.229. The van der Waals surface area contributed by atoms with Crippen LogP contribution < -0.4 is 0 Å². The third-order valence-corrected chi connectivity index (χ3v) is 1.75. The Hall–Kier alpha value is -0.380. The van der Waals surface area contributed by atoms with Crippen LogP contribution in [-0.4, -0.2) is 42.7 Å². The van der Waals surface area contributed by atoms with Gasteiger partial charge in [0, 0.05) is 6.54 Å². The van der Waals surface area contributed by atoms with Crippen LogP contribution in [0.5, 0.6) is 0 Å². The molecule has 0 radical (unpaired) electrons. The predicted octanol–water partition coefficient (Wildman–Crippen LogP) is 1.20. The van der Waals surface area contributed by atoms with Crippen molar-refractivity contribution in [2.75, 3.05) is 25.5 Å². The Bertz CT molecular complexity index is 161. The largest absolute Gasteiger partial charge is 0.352 e. The molecule has 64 valence electrons. The van der Waals surface area contributed by atoms with Crippen LogP contribution in [0.3, 0.4) is 0 Å². The van der Waals surface area contributed by atoms with E-state index in [0.717, 1.165) is 0 Å². The summed E-state index contributed by atoms with van der Waals surface area (Å²) in [6.45, 7) is 0.923. The fourth-order valence-electron chi connectivity index (χ4n) is 1.02. The maximum atomic E-state index is 11.9. The monoisotopic (exact) mass is 182 g/mol. The van der Waals surface area contributed by atoms with Crippen molar-refractivity contribution in [1.29, 1.82) is 0 Å².